The molecule has 0 aromatic carbocycles. The van der Waals surface area contributed by atoms with Gasteiger partial charge >= 0.3 is 0 Å². The van der Waals surface area contributed by atoms with Gasteiger partial charge in [-0.1, -0.05) is 12.8 Å². The van der Waals surface area contributed by atoms with E-state index < -0.39 is 0 Å². The van der Waals surface area contributed by atoms with Crippen LogP contribution in [0.5, 0.6) is 0 Å². The molecule has 2 unspecified atom stereocenters. The standard InChI is InChI=1S/C14H23N3/c1-17-8-7-16-13(17)10-14(15)6-2-3-12(9-14)11-4-5-11/h7-8,11-12H,2-6,9-10,15H2,1H3. The van der Waals surface area contributed by atoms with Crippen LogP contribution in [-0.2, 0) is 13.5 Å². The van der Waals surface area contributed by atoms with Gasteiger partial charge in [-0.2, -0.15) is 0 Å². The normalized spacial score (nSPS) is 33.9. The first-order valence-electron chi connectivity index (χ1n) is 6.91. The number of nitrogens with two attached hydrogens (primary N) is 1. The maximum atomic E-state index is 6.62. The molecular weight excluding hydrogens is 210 g/mol. The third kappa shape index (κ3) is 2.39. The molecular formula is C14H23N3. The highest BCUT2D eigenvalue weighted by Crippen LogP contribution is 2.46. The minimum Gasteiger partial charge on any atom is -0.338 e. The number of hydrogen-bond donors (Lipinski definition) is 1. The number of imidazole rings is 1. The van der Waals surface area contributed by atoms with Crippen molar-refractivity contribution in [2.24, 2.45) is 24.6 Å². The third-order valence-electron chi connectivity index (χ3n) is 4.64. The van der Waals surface area contributed by atoms with Gasteiger partial charge in [0.1, 0.15) is 5.82 Å². The summed E-state index contributed by atoms with van der Waals surface area (Å²) in [5.41, 5.74) is 6.63. The second-order valence-corrected chi connectivity index (χ2v) is 6.19. The van der Waals surface area contributed by atoms with Crippen LogP contribution in [0.1, 0.15) is 44.3 Å². The summed E-state index contributed by atoms with van der Waals surface area (Å²) >= 11 is 0. The Morgan fingerprint density at radius 3 is 2.88 bits per heavy atom. The molecule has 1 aromatic heterocycles. The summed E-state index contributed by atoms with van der Waals surface area (Å²) in [5, 5.41) is 0. The average molecular weight is 233 g/mol. The van der Waals surface area contributed by atoms with Crippen LogP contribution in [0.25, 0.3) is 0 Å². The molecule has 17 heavy (non-hydrogen) atoms. The summed E-state index contributed by atoms with van der Waals surface area (Å²) in [6.45, 7) is 0. The topological polar surface area (TPSA) is 43.8 Å². The molecule has 2 N–H and O–H groups in total. The zero-order valence-electron chi connectivity index (χ0n) is 10.7. The predicted octanol–water partition coefficient (Wildman–Crippen LogP) is 2.26. The molecule has 0 amide bonds. The lowest BCUT2D eigenvalue weighted by molar-refractivity contribution is 0.201. The van der Waals surface area contributed by atoms with Crippen LogP contribution in [0.4, 0.5) is 0 Å². The van der Waals surface area contributed by atoms with E-state index in [9.17, 15) is 0 Å². The van der Waals surface area contributed by atoms with E-state index >= 15 is 0 Å². The van der Waals surface area contributed by atoms with Crippen molar-refractivity contribution < 1.29 is 0 Å². The van der Waals surface area contributed by atoms with Crippen molar-refractivity contribution in [3.8, 4) is 0 Å². The van der Waals surface area contributed by atoms with E-state index in [0.717, 1.165) is 24.1 Å². The molecule has 2 aliphatic rings. The predicted molar refractivity (Wildman–Crippen MR) is 68.5 cm³/mol. The van der Waals surface area contributed by atoms with Gasteiger partial charge in [-0.05, 0) is 37.5 Å². The fourth-order valence-electron chi connectivity index (χ4n) is 3.45. The van der Waals surface area contributed by atoms with Crippen LogP contribution in [0.2, 0.25) is 0 Å². The number of aryl methyl sites for hydroxylation is 1. The molecule has 3 nitrogen and oxygen atoms in total. The highest BCUT2D eigenvalue weighted by atomic mass is 15.0. The summed E-state index contributed by atoms with van der Waals surface area (Å²) in [7, 11) is 2.06. The van der Waals surface area contributed by atoms with E-state index in [1.54, 1.807) is 0 Å². The number of rotatable bonds is 3. The van der Waals surface area contributed by atoms with Crippen LogP contribution >= 0.6 is 0 Å². The fourth-order valence-corrected chi connectivity index (χ4v) is 3.45. The lowest BCUT2D eigenvalue weighted by Crippen LogP contribution is -2.47. The summed E-state index contributed by atoms with van der Waals surface area (Å²) in [5.74, 6) is 3.04. The van der Waals surface area contributed by atoms with Crippen molar-refractivity contribution in [2.45, 2.75) is 50.5 Å². The molecule has 0 saturated heterocycles. The summed E-state index contributed by atoms with van der Waals surface area (Å²) < 4.78 is 2.11. The van der Waals surface area contributed by atoms with Crippen LogP contribution in [-0.4, -0.2) is 15.1 Å². The maximum Gasteiger partial charge on any atom is 0.110 e. The van der Waals surface area contributed by atoms with Gasteiger partial charge in [0.25, 0.3) is 0 Å². The molecule has 94 valence electrons. The Hall–Kier alpha value is -0.830. The molecule has 0 radical (unpaired) electrons. The van der Waals surface area contributed by atoms with Crippen molar-refractivity contribution in [2.75, 3.05) is 0 Å². The Bertz CT molecular complexity index is 394. The van der Waals surface area contributed by atoms with E-state index in [1.807, 2.05) is 12.4 Å². The van der Waals surface area contributed by atoms with Gasteiger partial charge in [-0.15, -0.1) is 0 Å². The monoisotopic (exact) mass is 233 g/mol. The van der Waals surface area contributed by atoms with E-state index in [4.69, 9.17) is 5.73 Å². The highest BCUT2D eigenvalue weighted by molar-refractivity contribution is 5.03. The first kappa shape index (κ1) is 11.3. The quantitative estimate of drug-likeness (QED) is 0.870. The molecule has 1 heterocycles. The lowest BCUT2D eigenvalue weighted by atomic mass is 9.72. The number of nitrogens with zero attached hydrogens (tertiary/aromatic N) is 2. The maximum absolute atomic E-state index is 6.62. The second kappa shape index (κ2) is 4.13. The molecule has 0 spiro atoms. The molecule has 0 bridgehead atoms. The second-order valence-electron chi connectivity index (χ2n) is 6.19. The molecule has 2 aliphatic carbocycles. The van der Waals surface area contributed by atoms with Gasteiger partial charge in [-0.3, -0.25) is 0 Å². The molecule has 1 aromatic rings. The first-order valence-corrected chi connectivity index (χ1v) is 6.91. The van der Waals surface area contributed by atoms with Gasteiger partial charge in [0.15, 0.2) is 0 Å². The van der Waals surface area contributed by atoms with Crippen LogP contribution in [0.15, 0.2) is 12.4 Å². The zero-order chi connectivity index (χ0) is 11.9. The van der Waals surface area contributed by atoms with Gasteiger partial charge in [0.2, 0.25) is 0 Å². The Morgan fingerprint density at radius 1 is 1.41 bits per heavy atom. The largest absolute Gasteiger partial charge is 0.338 e. The van der Waals surface area contributed by atoms with Gasteiger partial charge < -0.3 is 10.3 Å². The van der Waals surface area contributed by atoms with E-state index in [1.165, 1.54) is 38.5 Å². The van der Waals surface area contributed by atoms with Crippen molar-refractivity contribution in [1.82, 2.24) is 9.55 Å². The minimum absolute atomic E-state index is 0.00458. The number of hydrogen-bond acceptors (Lipinski definition) is 2. The van der Waals surface area contributed by atoms with Crippen LogP contribution < -0.4 is 5.73 Å². The van der Waals surface area contributed by atoms with Crippen LogP contribution in [0.3, 0.4) is 0 Å². The Morgan fingerprint density at radius 2 is 2.24 bits per heavy atom. The fraction of sp³-hybridized carbons (Fsp3) is 0.786. The Balaban J connectivity index is 1.69. The third-order valence-corrected chi connectivity index (χ3v) is 4.64. The zero-order valence-corrected chi connectivity index (χ0v) is 10.7. The van der Waals surface area contributed by atoms with E-state index in [0.29, 0.717) is 0 Å². The summed E-state index contributed by atoms with van der Waals surface area (Å²) in [6.07, 6.45) is 12.8. The van der Waals surface area contributed by atoms with Crippen molar-refractivity contribution in [1.29, 1.82) is 0 Å². The first-order chi connectivity index (χ1) is 8.16. The molecule has 3 rings (SSSR count). The number of aromatic nitrogens is 2. The Kier molecular flexibility index (Phi) is 2.74. The molecule has 2 saturated carbocycles. The lowest BCUT2D eigenvalue weighted by Gasteiger charge is -2.38. The summed E-state index contributed by atoms with van der Waals surface area (Å²) in [6, 6.07) is 0. The SMILES string of the molecule is Cn1ccnc1CC1(N)CCCC(C2CC2)C1. The average Bonchev–Trinajstić information content (AvgIpc) is 3.06. The molecule has 2 atom stereocenters. The van der Waals surface area contributed by atoms with Crippen molar-refractivity contribution in [3.63, 3.8) is 0 Å². The van der Waals surface area contributed by atoms with Gasteiger partial charge in [0.05, 0.1) is 0 Å². The molecule has 2 fully saturated rings. The van der Waals surface area contributed by atoms with Crippen molar-refractivity contribution in [3.05, 3.63) is 18.2 Å². The van der Waals surface area contributed by atoms with Gasteiger partial charge in [-0.25, -0.2) is 4.98 Å². The molecule has 0 aliphatic heterocycles. The summed E-state index contributed by atoms with van der Waals surface area (Å²) in [4.78, 5) is 4.42. The van der Waals surface area contributed by atoms with E-state index in [2.05, 4.69) is 16.6 Å². The highest BCUT2D eigenvalue weighted by Gasteiger charge is 2.40. The van der Waals surface area contributed by atoms with E-state index in [-0.39, 0.29) is 5.54 Å². The smallest absolute Gasteiger partial charge is 0.110 e. The minimum atomic E-state index is 0.00458. The van der Waals surface area contributed by atoms with Gasteiger partial charge in [0, 0.05) is 31.4 Å². The van der Waals surface area contributed by atoms with Crippen molar-refractivity contribution >= 4 is 0 Å². The van der Waals surface area contributed by atoms with Crippen LogP contribution in [0, 0.1) is 11.8 Å². The Labute approximate surface area is 103 Å². The molecule has 3 heteroatoms.